The molecular weight excluding hydrogens is 508 g/mol. The maximum Gasteiger partial charge on any atom is 0.152 e. The van der Waals surface area contributed by atoms with Gasteiger partial charge in [0.1, 0.15) is 0 Å². The normalized spacial score (nSPS) is 22.0. The van der Waals surface area contributed by atoms with Crippen LogP contribution in [-0.4, -0.2) is 28.6 Å². The molecule has 214 valence electrons. The van der Waals surface area contributed by atoms with E-state index in [-0.39, 0.29) is 5.92 Å². The highest BCUT2D eigenvalue weighted by molar-refractivity contribution is 8.28. The molecule has 5 heteroatoms. The van der Waals surface area contributed by atoms with Crippen LogP contribution in [0.5, 0.6) is 0 Å². The van der Waals surface area contributed by atoms with Gasteiger partial charge in [-0.05, 0) is 85.3 Å². The first-order valence-electron chi connectivity index (χ1n) is 15.0. The summed E-state index contributed by atoms with van der Waals surface area (Å²) in [6.07, 6.45) is 12.0. The Kier molecular flexibility index (Phi) is 7.98. The smallest absolute Gasteiger partial charge is 0.152 e. The fourth-order valence-corrected chi connectivity index (χ4v) is 9.14. The molecule has 0 radical (unpaired) electrons. The summed E-state index contributed by atoms with van der Waals surface area (Å²) in [6.45, 7) is 11.6. The number of hydrogen-bond donors (Lipinski definition) is 1. The highest BCUT2D eigenvalue weighted by atomic mass is 32.2. The number of allylic oxidation sites excluding steroid dienone is 1. The van der Waals surface area contributed by atoms with Crippen LogP contribution in [0.3, 0.4) is 0 Å². The summed E-state index contributed by atoms with van der Waals surface area (Å²) in [5.41, 5.74) is 6.61. The molecule has 1 aliphatic carbocycles. The van der Waals surface area contributed by atoms with Crippen LogP contribution in [-0.2, 0) is 13.5 Å². The second kappa shape index (κ2) is 11.2. The van der Waals surface area contributed by atoms with E-state index in [1.54, 1.807) is 0 Å². The molecule has 2 aliphatic rings. The van der Waals surface area contributed by atoms with Crippen LogP contribution in [0.25, 0.3) is 0 Å². The van der Waals surface area contributed by atoms with E-state index < -0.39 is 9.21 Å². The van der Waals surface area contributed by atoms with Gasteiger partial charge in [0.15, 0.2) is 5.82 Å². The van der Waals surface area contributed by atoms with Crippen molar-refractivity contribution >= 4 is 38.1 Å². The first-order valence-corrected chi connectivity index (χ1v) is 17.0. The molecule has 0 spiro atoms. The second-order valence-corrected chi connectivity index (χ2v) is 15.3. The van der Waals surface area contributed by atoms with Crippen molar-refractivity contribution in [1.82, 2.24) is 9.78 Å². The van der Waals surface area contributed by atoms with Gasteiger partial charge in [0.25, 0.3) is 0 Å². The number of aryl methyl sites for hydroxylation is 2. The van der Waals surface area contributed by atoms with E-state index in [9.17, 15) is 0 Å². The predicted octanol–water partition coefficient (Wildman–Crippen LogP) is 9.25. The summed E-state index contributed by atoms with van der Waals surface area (Å²) in [6, 6.07) is 15.9. The Morgan fingerprint density at radius 3 is 2.60 bits per heavy atom. The highest BCUT2D eigenvalue weighted by Crippen LogP contribution is 2.56. The maximum atomic E-state index is 4.72. The molecule has 3 aromatic rings. The summed E-state index contributed by atoms with van der Waals surface area (Å²) >= 11 is 0. The maximum absolute atomic E-state index is 4.72. The third-order valence-electron chi connectivity index (χ3n) is 9.45. The summed E-state index contributed by atoms with van der Waals surface area (Å²) in [7, 11) is 2.53. The molecule has 2 aromatic carbocycles. The van der Waals surface area contributed by atoms with Crippen molar-refractivity contribution in [3.63, 3.8) is 0 Å². The van der Waals surface area contributed by atoms with Gasteiger partial charge in [-0.25, -0.2) is 0 Å². The van der Waals surface area contributed by atoms with Gasteiger partial charge in [-0.2, -0.15) is 14.3 Å². The van der Waals surface area contributed by atoms with Gasteiger partial charge in [0.05, 0.1) is 11.4 Å². The molecule has 3 atom stereocenters. The molecule has 1 fully saturated rings. The van der Waals surface area contributed by atoms with Crippen LogP contribution in [0.2, 0.25) is 0 Å². The van der Waals surface area contributed by atoms with E-state index in [4.69, 9.17) is 11.7 Å². The number of benzene rings is 2. The lowest BCUT2D eigenvalue weighted by atomic mass is 9.80. The average Bonchev–Trinajstić information content (AvgIpc) is 3.53. The average molecular weight is 557 g/mol. The number of unbranched alkanes of at least 4 members (excludes halogenated alkanes) is 1. The molecule has 1 N–H and O–H groups in total. The number of anilines is 3. The molecule has 1 aliphatic heterocycles. The lowest BCUT2D eigenvalue weighted by Crippen LogP contribution is -2.19. The summed E-state index contributed by atoms with van der Waals surface area (Å²) < 4.78 is 1.83. The van der Waals surface area contributed by atoms with Crippen molar-refractivity contribution < 1.29 is 0 Å². The Hall–Kier alpha value is -2.92. The van der Waals surface area contributed by atoms with Gasteiger partial charge in [-0.3, -0.25) is 4.68 Å². The SMILES string of the molecule is C=C(Nc1ccn(C)n1)C(CC1CCC(C)(CCCC)C1)c1ccc2c(c1)N(C)c1ccc(CC)cc1S2(=C)=C. The summed E-state index contributed by atoms with van der Waals surface area (Å²) in [5, 5.41) is 8.15. The molecule has 1 aromatic heterocycles. The van der Waals surface area contributed by atoms with Crippen LogP contribution in [0.15, 0.2) is 70.7 Å². The minimum atomic E-state index is -1.61. The van der Waals surface area contributed by atoms with Crippen molar-refractivity contribution in [1.29, 1.82) is 0 Å². The minimum absolute atomic E-state index is 0.196. The Morgan fingerprint density at radius 2 is 1.90 bits per heavy atom. The lowest BCUT2D eigenvalue weighted by Gasteiger charge is -2.36. The van der Waals surface area contributed by atoms with Gasteiger partial charge in [-0.15, -0.1) is 0 Å². The van der Waals surface area contributed by atoms with Gasteiger partial charge in [0.2, 0.25) is 0 Å². The molecule has 0 bridgehead atoms. The molecule has 0 amide bonds. The molecule has 2 heterocycles. The van der Waals surface area contributed by atoms with Crippen LogP contribution >= 0.6 is 9.21 Å². The molecule has 0 saturated heterocycles. The molecule has 5 rings (SSSR count). The summed E-state index contributed by atoms with van der Waals surface area (Å²) in [4.78, 5) is 4.89. The zero-order valence-electron chi connectivity index (χ0n) is 25.3. The van der Waals surface area contributed by atoms with Gasteiger partial charge < -0.3 is 10.2 Å². The Labute approximate surface area is 243 Å². The van der Waals surface area contributed by atoms with E-state index >= 15 is 0 Å². The van der Waals surface area contributed by atoms with Gasteiger partial charge in [0, 0.05) is 47.8 Å². The zero-order valence-corrected chi connectivity index (χ0v) is 26.1. The van der Waals surface area contributed by atoms with Crippen molar-refractivity contribution in [3.8, 4) is 0 Å². The molecule has 4 nitrogen and oxygen atoms in total. The van der Waals surface area contributed by atoms with Gasteiger partial charge in [-0.1, -0.05) is 64.1 Å². The monoisotopic (exact) mass is 556 g/mol. The number of rotatable bonds is 10. The van der Waals surface area contributed by atoms with Crippen LogP contribution < -0.4 is 10.2 Å². The molecule has 1 saturated carbocycles. The topological polar surface area (TPSA) is 33.1 Å². The van der Waals surface area contributed by atoms with E-state index in [1.165, 1.54) is 70.8 Å². The van der Waals surface area contributed by atoms with E-state index in [0.29, 0.717) is 11.3 Å². The molecule has 3 unspecified atom stereocenters. The van der Waals surface area contributed by atoms with E-state index in [2.05, 4.69) is 86.1 Å². The van der Waals surface area contributed by atoms with Gasteiger partial charge >= 0.3 is 0 Å². The molecular formula is C35H48N4S. The number of hydrogen-bond acceptors (Lipinski definition) is 3. The zero-order chi connectivity index (χ0) is 28.7. The Morgan fingerprint density at radius 1 is 1.10 bits per heavy atom. The van der Waals surface area contributed by atoms with Crippen molar-refractivity contribution in [2.45, 2.75) is 87.8 Å². The van der Waals surface area contributed by atoms with Crippen LogP contribution in [0.1, 0.15) is 82.8 Å². The third kappa shape index (κ3) is 5.50. The first-order chi connectivity index (χ1) is 19.0. The largest absolute Gasteiger partial charge is 0.343 e. The van der Waals surface area contributed by atoms with Crippen LogP contribution in [0, 0.1) is 11.3 Å². The number of aromatic nitrogens is 2. The Bertz CT molecular complexity index is 1500. The fourth-order valence-electron chi connectivity index (χ4n) is 6.99. The van der Waals surface area contributed by atoms with E-state index in [0.717, 1.165) is 24.4 Å². The van der Waals surface area contributed by atoms with Crippen LogP contribution in [0.4, 0.5) is 17.2 Å². The standard InChI is InChI=1S/C35H48N4S/c1-9-11-18-35(4)19-16-27(24-35)21-29(25(3)36-34-17-20-38(5)37-34)28-13-15-32-31(23-28)39(6)30-14-12-26(10-2)22-33(30)40(32,7)8/h12-15,17,20,22-23,27,29H,3,7-11,16,18-19,21,24H2,1-2,4-6H3,(H,36,37). The fraction of sp³-hybridized carbons (Fsp3) is 0.457. The third-order valence-corrected chi connectivity index (χ3v) is 11.8. The van der Waals surface area contributed by atoms with E-state index in [1.807, 2.05) is 24.0 Å². The Balaban J connectivity index is 1.49. The quantitative estimate of drug-likeness (QED) is 0.253. The number of nitrogens with zero attached hydrogens (tertiary/aromatic N) is 3. The van der Waals surface area contributed by atoms with Crippen molar-refractivity contribution in [3.05, 3.63) is 72.1 Å². The first kappa shape index (κ1) is 28.6. The highest BCUT2D eigenvalue weighted by Gasteiger charge is 2.36. The number of nitrogens with one attached hydrogen (secondary N) is 1. The second-order valence-electron chi connectivity index (χ2n) is 12.7. The summed E-state index contributed by atoms with van der Waals surface area (Å²) in [5.74, 6) is 11.2. The predicted molar refractivity (Wildman–Crippen MR) is 177 cm³/mol. The minimum Gasteiger partial charge on any atom is -0.343 e. The molecule has 40 heavy (non-hydrogen) atoms. The van der Waals surface area contributed by atoms with Crippen molar-refractivity contribution in [2.24, 2.45) is 18.4 Å². The number of fused-ring (bicyclic) bond motifs is 2. The van der Waals surface area contributed by atoms with Crippen molar-refractivity contribution in [2.75, 3.05) is 17.3 Å². The lowest BCUT2D eigenvalue weighted by molar-refractivity contribution is 0.280.